The lowest BCUT2D eigenvalue weighted by atomic mass is 9.79. The normalized spacial score (nSPS) is 18.0. The van der Waals surface area contributed by atoms with Crippen LogP contribution in [0, 0.1) is 5.41 Å². The molecule has 0 aliphatic heterocycles. The van der Waals surface area contributed by atoms with Crippen molar-refractivity contribution >= 4 is 46.1 Å². The van der Waals surface area contributed by atoms with Crippen LogP contribution in [0.15, 0.2) is 12.1 Å². The molecule has 0 saturated heterocycles. The minimum absolute atomic E-state index is 0.0569. The van der Waals surface area contributed by atoms with Gasteiger partial charge in [-0.2, -0.15) is 0 Å². The summed E-state index contributed by atoms with van der Waals surface area (Å²) < 4.78 is 0.740. The number of amides is 1. The topological polar surface area (TPSA) is 46.3 Å². The average molecular weight is 345 g/mol. The van der Waals surface area contributed by atoms with E-state index in [1.165, 1.54) is 11.3 Å². The molecule has 2 N–H and O–H groups in total. The number of hydrogen-bond donors (Lipinski definition) is 1. The molecule has 1 fully saturated rings. The molecule has 0 bridgehead atoms. The van der Waals surface area contributed by atoms with Gasteiger partial charge in [-0.3, -0.25) is 4.79 Å². The predicted octanol–water partition coefficient (Wildman–Crippen LogP) is 3.99. The maximum atomic E-state index is 13.0. The lowest BCUT2D eigenvalue weighted by Gasteiger charge is -2.34. The van der Waals surface area contributed by atoms with Gasteiger partial charge in [-0.15, -0.1) is 11.3 Å². The Labute approximate surface area is 140 Å². The van der Waals surface area contributed by atoms with Crippen molar-refractivity contribution in [3.05, 3.63) is 21.3 Å². The first kappa shape index (κ1) is 16.7. The van der Waals surface area contributed by atoms with Crippen LogP contribution < -0.4 is 5.73 Å². The number of thiocarbonyl (C=S) groups is 1. The third kappa shape index (κ3) is 3.76. The third-order valence-electron chi connectivity index (χ3n) is 4.21. The fraction of sp³-hybridized carbons (Fsp3) is 0.600. The summed E-state index contributed by atoms with van der Waals surface area (Å²) in [4.78, 5) is 16.1. The summed E-state index contributed by atoms with van der Waals surface area (Å²) in [6.45, 7) is 0.556. The van der Waals surface area contributed by atoms with E-state index in [0.717, 1.165) is 47.7 Å². The lowest BCUT2D eigenvalue weighted by molar-refractivity contribution is -0.138. The molecule has 2 rings (SSSR count). The highest BCUT2D eigenvalue weighted by atomic mass is 35.5. The zero-order chi connectivity index (χ0) is 15.5. The van der Waals surface area contributed by atoms with Crippen LogP contribution in [-0.4, -0.2) is 22.8 Å². The maximum absolute atomic E-state index is 13.0. The van der Waals surface area contributed by atoms with Gasteiger partial charge in [0.2, 0.25) is 5.91 Å². The van der Waals surface area contributed by atoms with Crippen LogP contribution in [0.5, 0.6) is 0 Å². The first-order valence-corrected chi connectivity index (χ1v) is 8.86. The van der Waals surface area contributed by atoms with Crippen molar-refractivity contribution in [1.29, 1.82) is 0 Å². The van der Waals surface area contributed by atoms with Crippen LogP contribution in [0.4, 0.5) is 0 Å². The first-order chi connectivity index (χ1) is 9.95. The minimum atomic E-state index is -0.651. The third-order valence-corrected chi connectivity index (χ3v) is 5.81. The van der Waals surface area contributed by atoms with Crippen LogP contribution in [0.1, 0.15) is 43.4 Å². The van der Waals surface area contributed by atoms with E-state index in [1.54, 1.807) is 4.90 Å². The fourth-order valence-corrected chi connectivity index (χ4v) is 4.44. The molecule has 1 aliphatic carbocycles. The summed E-state index contributed by atoms with van der Waals surface area (Å²) in [7, 11) is 1.82. The molecule has 0 atom stereocenters. The molecule has 1 heterocycles. The van der Waals surface area contributed by atoms with Crippen molar-refractivity contribution in [3.8, 4) is 0 Å². The Balaban J connectivity index is 2.15. The lowest BCUT2D eigenvalue weighted by Crippen LogP contribution is -2.49. The molecule has 1 aromatic rings. The SMILES string of the molecule is CN(Cc1ccc(Cl)s1)C(=O)C1(C(N)=S)CCCCCC1. The van der Waals surface area contributed by atoms with Gasteiger partial charge >= 0.3 is 0 Å². The molecule has 1 amide bonds. The van der Waals surface area contributed by atoms with Gasteiger partial charge in [0.05, 0.1) is 21.3 Å². The smallest absolute Gasteiger partial charge is 0.235 e. The Morgan fingerprint density at radius 3 is 2.48 bits per heavy atom. The van der Waals surface area contributed by atoms with Gasteiger partial charge in [0.25, 0.3) is 0 Å². The van der Waals surface area contributed by atoms with E-state index in [2.05, 4.69) is 0 Å². The van der Waals surface area contributed by atoms with Gasteiger partial charge in [-0.05, 0) is 25.0 Å². The van der Waals surface area contributed by atoms with E-state index < -0.39 is 5.41 Å². The van der Waals surface area contributed by atoms with Crippen molar-refractivity contribution < 1.29 is 4.79 Å². The molecule has 1 aromatic heterocycles. The van der Waals surface area contributed by atoms with Crippen molar-refractivity contribution in [2.75, 3.05) is 7.05 Å². The van der Waals surface area contributed by atoms with E-state index in [0.29, 0.717) is 11.5 Å². The van der Waals surface area contributed by atoms with E-state index in [4.69, 9.17) is 29.6 Å². The largest absolute Gasteiger partial charge is 0.392 e. The molecule has 6 heteroatoms. The summed E-state index contributed by atoms with van der Waals surface area (Å²) in [5, 5.41) is 0. The van der Waals surface area contributed by atoms with Gasteiger partial charge < -0.3 is 10.6 Å². The maximum Gasteiger partial charge on any atom is 0.235 e. The first-order valence-electron chi connectivity index (χ1n) is 7.25. The Hall–Kier alpha value is -0.650. The second-order valence-electron chi connectivity index (χ2n) is 5.73. The number of nitrogens with zero attached hydrogens (tertiary/aromatic N) is 1. The van der Waals surface area contributed by atoms with E-state index in [1.807, 2.05) is 19.2 Å². The van der Waals surface area contributed by atoms with Gasteiger partial charge in [0.15, 0.2) is 0 Å². The Kier molecular flexibility index (Phi) is 5.63. The van der Waals surface area contributed by atoms with Gasteiger partial charge in [-0.1, -0.05) is 49.5 Å². The summed E-state index contributed by atoms with van der Waals surface area (Å²) in [5.41, 5.74) is 5.32. The molecule has 1 aliphatic rings. The summed E-state index contributed by atoms with van der Waals surface area (Å²) in [6, 6.07) is 3.81. The molecule has 0 aromatic carbocycles. The molecule has 21 heavy (non-hydrogen) atoms. The van der Waals surface area contributed by atoms with Crippen LogP contribution in [-0.2, 0) is 11.3 Å². The standard InChI is InChI=1S/C15H21ClN2OS2/c1-18(10-11-6-7-12(16)21-11)14(19)15(13(17)20)8-4-2-3-5-9-15/h6-7H,2-5,8-10H2,1H3,(H2,17,20). The predicted molar refractivity (Wildman–Crippen MR) is 92.7 cm³/mol. The summed E-state index contributed by atoms with van der Waals surface area (Å²) in [5.74, 6) is 0.0569. The molecule has 116 valence electrons. The van der Waals surface area contributed by atoms with Gasteiger partial charge in [0.1, 0.15) is 0 Å². The molecule has 0 radical (unpaired) electrons. The quantitative estimate of drug-likeness (QED) is 0.663. The van der Waals surface area contributed by atoms with E-state index in [9.17, 15) is 4.79 Å². The van der Waals surface area contributed by atoms with Crippen molar-refractivity contribution in [2.45, 2.75) is 45.1 Å². The molecular formula is C15H21ClN2OS2. The number of carbonyl (C=O) groups is 1. The van der Waals surface area contributed by atoms with Gasteiger partial charge in [-0.25, -0.2) is 0 Å². The van der Waals surface area contributed by atoms with Crippen LogP contribution in [0.3, 0.4) is 0 Å². The highest BCUT2D eigenvalue weighted by Crippen LogP contribution is 2.37. The second-order valence-corrected chi connectivity index (χ2v) is 7.97. The molecular weight excluding hydrogens is 324 g/mol. The number of nitrogens with two attached hydrogens (primary N) is 1. The van der Waals surface area contributed by atoms with Crippen LogP contribution in [0.25, 0.3) is 0 Å². The van der Waals surface area contributed by atoms with Crippen LogP contribution in [0.2, 0.25) is 4.34 Å². The molecule has 3 nitrogen and oxygen atoms in total. The Bertz CT molecular complexity index is 521. The minimum Gasteiger partial charge on any atom is -0.392 e. The molecule has 0 spiro atoms. The number of thiophene rings is 1. The Morgan fingerprint density at radius 2 is 2.00 bits per heavy atom. The highest BCUT2D eigenvalue weighted by molar-refractivity contribution is 7.80. The molecule has 0 unspecified atom stereocenters. The second kappa shape index (κ2) is 7.07. The van der Waals surface area contributed by atoms with Crippen molar-refractivity contribution in [1.82, 2.24) is 4.90 Å². The fourth-order valence-electron chi connectivity index (χ4n) is 3.01. The number of hydrogen-bond acceptors (Lipinski definition) is 3. The summed E-state index contributed by atoms with van der Waals surface area (Å²) in [6.07, 6.45) is 5.89. The van der Waals surface area contributed by atoms with Crippen LogP contribution >= 0.6 is 35.2 Å². The van der Waals surface area contributed by atoms with Crippen molar-refractivity contribution in [3.63, 3.8) is 0 Å². The number of halogens is 1. The zero-order valence-electron chi connectivity index (χ0n) is 12.2. The summed E-state index contributed by atoms with van der Waals surface area (Å²) >= 11 is 12.7. The number of rotatable bonds is 4. The zero-order valence-corrected chi connectivity index (χ0v) is 14.6. The molecule has 1 saturated carbocycles. The van der Waals surface area contributed by atoms with Crippen molar-refractivity contribution in [2.24, 2.45) is 11.1 Å². The number of carbonyl (C=O) groups excluding carboxylic acids is 1. The monoisotopic (exact) mass is 344 g/mol. The van der Waals surface area contributed by atoms with Gasteiger partial charge in [0, 0.05) is 11.9 Å². The van der Waals surface area contributed by atoms with E-state index in [-0.39, 0.29) is 5.91 Å². The highest BCUT2D eigenvalue weighted by Gasteiger charge is 2.43. The van der Waals surface area contributed by atoms with E-state index >= 15 is 0 Å². The average Bonchev–Trinajstić information content (AvgIpc) is 2.71. The Morgan fingerprint density at radius 1 is 1.38 bits per heavy atom.